The van der Waals surface area contributed by atoms with Crippen LogP contribution in [-0.4, -0.2) is 30.2 Å². The summed E-state index contributed by atoms with van der Waals surface area (Å²) < 4.78 is 9.88. The summed E-state index contributed by atoms with van der Waals surface area (Å²) in [4.78, 5) is 19.7. The van der Waals surface area contributed by atoms with Crippen molar-refractivity contribution in [3.8, 4) is 17.0 Å². The van der Waals surface area contributed by atoms with E-state index in [1.54, 1.807) is 43.8 Å². The Hall–Kier alpha value is -2.43. The molecule has 0 aliphatic carbocycles. The Balaban J connectivity index is 2.53. The fourth-order valence-corrected chi connectivity index (χ4v) is 1.55. The van der Waals surface area contributed by atoms with Crippen LogP contribution in [0, 0.1) is 0 Å². The van der Waals surface area contributed by atoms with Gasteiger partial charge in [0.2, 0.25) is 0 Å². The highest BCUT2D eigenvalue weighted by Gasteiger charge is 2.13. The van der Waals surface area contributed by atoms with Crippen molar-refractivity contribution in [1.82, 2.24) is 9.97 Å². The van der Waals surface area contributed by atoms with E-state index in [1.807, 2.05) is 0 Å². The lowest BCUT2D eigenvalue weighted by Crippen LogP contribution is -2.05. The van der Waals surface area contributed by atoms with Crippen LogP contribution in [0.15, 0.2) is 36.7 Å². The van der Waals surface area contributed by atoms with Crippen LogP contribution in [0.1, 0.15) is 10.5 Å². The quantitative estimate of drug-likeness (QED) is 0.772. The van der Waals surface area contributed by atoms with Gasteiger partial charge in [0.15, 0.2) is 0 Å². The molecule has 18 heavy (non-hydrogen) atoms. The van der Waals surface area contributed by atoms with Crippen molar-refractivity contribution >= 4 is 5.97 Å². The van der Waals surface area contributed by atoms with E-state index in [-0.39, 0.29) is 5.69 Å². The number of rotatable bonds is 3. The molecule has 2 aromatic heterocycles. The summed E-state index contributed by atoms with van der Waals surface area (Å²) in [5.41, 5.74) is 1.65. The van der Waals surface area contributed by atoms with Gasteiger partial charge in [0.1, 0.15) is 17.1 Å². The molecule has 0 aromatic carbocycles. The Bertz CT molecular complexity index is 555. The standard InChI is InChI=1S/C13H12N2O3/c1-17-11-4-3-10(13(16)18-2)15-12(11)9-5-7-14-8-6-9/h3-8H,1-2H3. The van der Waals surface area contributed by atoms with Gasteiger partial charge in [-0.25, -0.2) is 9.78 Å². The lowest BCUT2D eigenvalue weighted by Gasteiger charge is -2.08. The van der Waals surface area contributed by atoms with E-state index in [4.69, 9.17) is 4.74 Å². The Morgan fingerprint density at radius 3 is 2.44 bits per heavy atom. The summed E-state index contributed by atoms with van der Waals surface area (Å²) in [5.74, 6) is 0.113. The molecule has 0 fully saturated rings. The molecule has 92 valence electrons. The second-order valence-corrected chi connectivity index (χ2v) is 3.47. The number of hydrogen-bond acceptors (Lipinski definition) is 5. The van der Waals surface area contributed by atoms with Crippen molar-refractivity contribution in [1.29, 1.82) is 0 Å². The largest absolute Gasteiger partial charge is 0.494 e. The number of ether oxygens (including phenoxy) is 2. The first kappa shape index (κ1) is 12.0. The van der Waals surface area contributed by atoms with Crippen molar-refractivity contribution < 1.29 is 14.3 Å². The maximum atomic E-state index is 11.5. The van der Waals surface area contributed by atoms with Crippen molar-refractivity contribution in [2.75, 3.05) is 14.2 Å². The lowest BCUT2D eigenvalue weighted by atomic mass is 10.1. The van der Waals surface area contributed by atoms with E-state index < -0.39 is 5.97 Å². The van der Waals surface area contributed by atoms with Crippen LogP contribution in [-0.2, 0) is 4.74 Å². The Morgan fingerprint density at radius 1 is 1.11 bits per heavy atom. The Labute approximate surface area is 104 Å². The molecule has 0 radical (unpaired) electrons. The third-order valence-corrected chi connectivity index (χ3v) is 2.43. The number of carbonyl (C=O) groups is 1. The van der Waals surface area contributed by atoms with Gasteiger partial charge in [-0.1, -0.05) is 0 Å². The first-order chi connectivity index (χ1) is 8.76. The summed E-state index contributed by atoms with van der Waals surface area (Å²) in [6.07, 6.45) is 3.31. The molecule has 2 aromatic rings. The minimum absolute atomic E-state index is 0.241. The van der Waals surface area contributed by atoms with E-state index in [9.17, 15) is 4.79 Å². The van der Waals surface area contributed by atoms with Crippen molar-refractivity contribution in [2.45, 2.75) is 0 Å². The summed E-state index contributed by atoms with van der Waals surface area (Å²) in [6, 6.07) is 6.85. The number of carbonyl (C=O) groups excluding carboxylic acids is 1. The highest BCUT2D eigenvalue weighted by Crippen LogP contribution is 2.27. The minimum Gasteiger partial charge on any atom is -0.494 e. The molecule has 0 aliphatic rings. The summed E-state index contributed by atoms with van der Waals surface area (Å²) >= 11 is 0. The van der Waals surface area contributed by atoms with Crippen molar-refractivity contribution in [2.24, 2.45) is 0 Å². The number of hydrogen-bond donors (Lipinski definition) is 0. The molecule has 2 heterocycles. The number of methoxy groups -OCH3 is 2. The predicted octanol–water partition coefficient (Wildman–Crippen LogP) is 1.94. The molecule has 2 rings (SSSR count). The van der Waals surface area contributed by atoms with Gasteiger partial charge in [-0.15, -0.1) is 0 Å². The number of nitrogens with zero attached hydrogens (tertiary/aromatic N) is 2. The molecule has 0 N–H and O–H groups in total. The predicted molar refractivity (Wildman–Crippen MR) is 65.4 cm³/mol. The van der Waals surface area contributed by atoms with Crippen LogP contribution >= 0.6 is 0 Å². The zero-order chi connectivity index (χ0) is 13.0. The highest BCUT2D eigenvalue weighted by molar-refractivity contribution is 5.88. The first-order valence-electron chi connectivity index (χ1n) is 5.30. The second kappa shape index (κ2) is 5.27. The number of esters is 1. The summed E-state index contributed by atoms with van der Waals surface area (Å²) in [7, 11) is 2.87. The maximum absolute atomic E-state index is 11.5. The van der Waals surface area contributed by atoms with Crippen LogP contribution in [0.4, 0.5) is 0 Å². The third kappa shape index (κ3) is 2.29. The average molecular weight is 244 g/mol. The van der Waals surface area contributed by atoms with E-state index in [2.05, 4.69) is 14.7 Å². The fraction of sp³-hybridized carbons (Fsp3) is 0.154. The fourth-order valence-electron chi connectivity index (χ4n) is 1.55. The molecule has 0 bridgehead atoms. The summed E-state index contributed by atoms with van der Waals surface area (Å²) in [6.45, 7) is 0. The summed E-state index contributed by atoms with van der Waals surface area (Å²) in [5, 5.41) is 0. The zero-order valence-electron chi connectivity index (χ0n) is 10.1. The zero-order valence-corrected chi connectivity index (χ0v) is 10.1. The van der Waals surface area contributed by atoms with Gasteiger partial charge >= 0.3 is 5.97 Å². The lowest BCUT2D eigenvalue weighted by molar-refractivity contribution is 0.0594. The van der Waals surface area contributed by atoms with Gasteiger partial charge in [0.05, 0.1) is 14.2 Å². The van der Waals surface area contributed by atoms with Crippen molar-refractivity contribution in [3.05, 3.63) is 42.4 Å². The van der Waals surface area contributed by atoms with Gasteiger partial charge in [-0.2, -0.15) is 0 Å². The Kier molecular flexibility index (Phi) is 3.52. The molecule has 0 saturated heterocycles. The molecule has 5 nitrogen and oxygen atoms in total. The molecule has 0 aliphatic heterocycles. The van der Waals surface area contributed by atoms with Crippen LogP contribution in [0.25, 0.3) is 11.3 Å². The minimum atomic E-state index is -0.479. The van der Waals surface area contributed by atoms with Gasteiger partial charge in [-0.05, 0) is 24.3 Å². The van der Waals surface area contributed by atoms with E-state index in [0.29, 0.717) is 11.4 Å². The van der Waals surface area contributed by atoms with Crippen molar-refractivity contribution in [3.63, 3.8) is 0 Å². The smallest absolute Gasteiger partial charge is 0.356 e. The number of pyridine rings is 2. The third-order valence-electron chi connectivity index (χ3n) is 2.43. The van der Waals surface area contributed by atoms with E-state index in [0.717, 1.165) is 5.56 Å². The number of aromatic nitrogens is 2. The van der Waals surface area contributed by atoms with Gasteiger partial charge in [0.25, 0.3) is 0 Å². The first-order valence-corrected chi connectivity index (χ1v) is 5.30. The molecule has 0 atom stereocenters. The van der Waals surface area contributed by atoms with Crippen LogP contribution in [0.2, 0.25) is 0 Å². The molecule has 0 amide bonds. The molecule has 5 heteroatoms. The SMILES string of the molecule is COC(=O)c1ccc(OC)c(-c2ccncc2)n1. The normalized spacial score (nSPS) is 9.89. The van der Waals surface area contributed by atoms with Crippen LogP contribution in [0.5, 0.6) is 5.75 Å². The van der Waals surface area contributed by atoms with E-state index >= 15 is 0 Å². The second-order valence-electron chi connectivity index (χ2n) is 3.47. The topological polar surface area (TPSA) is 61.3 Å². The van der Waals surface area contributed by atoms with Gasteiger partial charge < -0.3 is 9.47 Å². The van der Waals surface area contributed by atoms with E-state index in [1.165, 1.54) is 7.11 Å². The monoisotopic (exact) mass is 244 g/mol. The molecule has 0 saturated carbocycles. The molecule has 0 spiro atoms. The molecular weight excluding hydrogens is 232 g/mol. The maximum Gasteiger partial charge on any atom is 0.356 e. The molecular formula is C13H12N2O3. The van der Waals surface area contributed by atoms with Gasteiger partial charge in [0, 0.05) is 18.0 Å². The Morgan fingerprint density at radius 2 is 1.83 bits per heavy atom. The van der Waals surface area contributed by atoms with Crippen LogP contribution in [0.3, 0.4) is 0 Å². The average Bonchev–Trinajstić information content (AvgIpc) is 2.46. The van der Waals surface area contributed by atoms with Crippen LogP contribution < -0.4 is 4.74 Å². The van der Waals surface area contributed by atoms with Gasteiger partial charge in [-0.3, -0.25) is 4.98 Å². The molecule has 0 unspecified atom stereocenters. The highest BCUT2D eigenvalue weighted by atomic mass is 16.5.